The first kappa shape index (κ1) is 14.0. The minimum atomic E-state index is 0.228. The van der Waals surface area contributed by atoms with E-state index < -0.39 is 0 Å². The summed E-state index contributed by atoms with van der Waals surface area (Å²) in [6.07, 6.45) is 9.48. The Hall–Kier alpha value is -0.0800. The standard InChI is InChI=1S/C14H30N2/c1-4-11-14(3,12-15)16(5-2)13-9-7-6-8-10-13/h13H,4-12,15H2,1-3H3. The molecule has 1 unspecified atom stereocenters. The van der Waals surface area contributed by atoms with Crippen LogP contribution in [-0.4, -0.2) is 29.6 Å². The second-order valence-electron chi connectivity index (χ2n) is 5.53. The minimum Gasteiger partial charge on any atom is -0.329 e. The van der Waals surface area contributed by atoms with Crippen molar-refractivity contribution in [3.8, 4) is 0 Å². The van der Waals surface area contributed by atoms with Crippen LogP contribution in [0.3, 0.4) is 0 Å². The molecule has 1 rings (SSSR count). The SMILES string of the molecule is CCCC(C)(CN)N(CC)C1CCCCC1. The van der Waals surface area contributed by atoms with Gasteiger partial charge in [0.05, 0.1) is 0 Å². The van der Waals surface area contributed by atoms with Gasteiger partial charge in [-0.3, -0.25) is 4.90 Å². The van der Waals surface area contributed by atoms with E-state index in [0.717, 1.165) is 19.1 Å². The number of nitrogens with zero attached hydrogens (tertiary/aromatic N) is 1. The lowest BCUT2D eigenvalue weighted by atomic mass is 9.87. The maximum absolute atomic E-state index is 6.03. The molecule has 0 spiro atoms. The molecule has 0 aromatic carbocycles. The van der Waals surface area contributed by atoms with Crippen LogP contribution in [-0.2, 0) is 0 Å². The van der Waals surface area contributed by atoms with Crippen LogP contribution in [0.2, 0.25) is 0 Å². The third-order valence-electron chi connectivity index (χ3n) is 4.28. The third-order valence-corrected chi connectivity index (χ3v) is 4.28. The molecule has 0 aromatic heterocycles. The second kappa shape index (κ2) is 6.61. The fourth-order valence-electron chi connectivity index (χ4n) is 3.37. The van der Waals surface area contributed by atoms with E-state index in [1.807, 2.05) is 0 Å². The smallest absolute Gasteiger partial charge is 0.0306 e. The van der Waals surface area contributed by atoms with Gasteiger partial charge in [-0.1, -0.05) is 39.5 Å². The van der Waals surface area contributed by atoms with E-state index >= 15 is 0 Å². The van der Waals surface area contributed by atoms with Crippen molar-refractivity contribution in [3.63, 3.8) is 0 Å². The van der Waals surface area contributed by atoms with Crippen LogP contribution in [0.5, 0.6) is 0 Å². The zero-order chi connectivity index (χ0) is 12.0. The predicted molar refractivity (Wildman–Crippen MR) is 71.6 cm³/mol. The van der Waals surface area contributed by atoms with E-state index in [9.17, 15) is 0 Å². The summed E-state index contributed by atoms with van der Waals surface area (Å²) < 4.78 is 0. The van der Waals surface area contributed by atoms with E-state index in [0.29, 0.717) is 0 Å². The van der Waals surface area contributed by atoms with Gasteiger partial charge in [0, 0.05) is 18.1 Å². The van der Waals surface area contributed by atoms with Crippen molar-refractivity contribution >= 4 is 0 Å². The highest BCUT2D eigenvalue weighted by Crippen LogP contribution is 2.30. The summed E-state index contributed by atoms with van der Waals surface area (Å²) in [5.41, 5.74) is 6.26. The fourth-order valence-corrected chi connectivity index (χ4v) is 3.37. The summed E-state index contributed by atoms with van der Waals surface area (Å²) in [4.78, 5) is 2.69. The van der Waals surface area contributed by atoms with E-state index in [1.54, 1.807) is 0 Å². The van der Waals surface area contributed by atoms with Crippen molar-refractivity contribution in [2.24, 2.45) is 5.73 Å². The Morgan fingerprint density at radius 1 is 1.19 bits per heavy atom. The van der Waals surface area contributed by atoms with Gasteiger partial charge in [0.25, 0.3) is 0 Å². The van der Waals surface area contributed by atoms with Crippen molar-refractivity contribution in [2.75, 3.05) is 13.1 Å². The number of likely N-dealkylation sites (N-methyl/N-ethyl adjacent to an activating group) is 1. The number of hydrogen-bond donors (Lipinski definition) is 1. The minimum absolute atomic E-state index is 0.228. The van der Waals surface area contributed by atoms with Crippen LogP contribution in [0, 0.1) is 0 Å². The van der Waals surface area contributed by atoms with Gasteiger partial charge in [0.1, 0.15) is 0 Å². The van der Waals surface area contributed by atoms with E-state index in [4.69, 9.17) is 5.73 Å². The van der Waals surface area contributed by atoms with Crippen LogP contribution in [0.15, 0.2) is 0 Å². The molecule has 16 heavy (non-hydrogen) atoms. The summed E-state index contributed by atoms with van der Waals surface area (Å²) in [6.45, 7) is 8.86. The molecule has 0 heterocycles. The highest BCUT2D eigenvalue weighted by Gasteiger charge is 2.33. The van der Waals surface area contributed by atoms with Crippen molar-refractivity contribution in [2.45, 2.75) is 77.3 Å². The van der Waals surface area contributed by atoms with E-state index in [1.165, 1.54) is 44.9 Å². The molecule has 0 aromatic rings. The average molecular weight is 226 g/mol. The molecule has 2 N–H and O–H groups in total. The van der Waals surface area contributed by atoms with Gasteiger partial charge in [0.2, 0.25) is 0 Å². The van der Waals surface area contributed by atoms with Gasteiger partial charge in [-0.05, 0) is 32.7 Å². The first-order valence-electron chi connectivity index (χ1n) is 7.14. The molecular weight excluding hydrogens is 196 g/mol. The highest BCUT2D eigenvalue weighted by molar-refractivity contribution is 4.91. The summed E-state index contributed by atoms with van der Waals surface area (Å²) in [6, 6.07) is 0.791. The summed E-state index contributed by atoms with van der Waals surface area (Å²) in [5, 5.41) is 0. The Morgan fingerprint density at radius 2 is 1.81 bits per heavy atom. The normalized spacial score (nSPS) is 22.3. The highest BCUT2D eigenvalue weighted by atomic mass is 15.2. The summed E-state index contributed by atoms with van der Waals surface area (Å²) >= 11 is 0. The molecular formula is C14H30N2. The van der Waals surface area contributed by atoms with Gasteiger partial charge in [-0.25, -0.2) is 0 Å². The molecule has 0 aliphatic heterocycles. The Balaban J connectivity index is 2.68. The molecule has 2 nitrogen and oxygen atoms in total. The van der Waals surface area contributed by atoms with E-state index in [-0.39, 0.29) is 5.54 Å². The lowest BCUT2D eigenvalue weighted by Crippen LogP contribution is -2.56. The number of nitrogens with two attached hydrogens (primary N) is 1. The van der Waals surface area contributed by atoms with Crippen LogP contribution >= 0.6 is 0 Å². The zero-order valence-corrected chi connectivity index (χ0v) is 11.5. The van der Waals surface area contributed by atoms with Gasteiger partial charge < -0.3 is 5.73 Å². The number of rotatable bonds is 6. The first-order chi connectivity index (χ1) is 7.68. The van der Waals surface area contributed by atoms with Crippen LogP contribution in [0.4, 0.5) is 0 Å². The van der Waals surface area contributed by atoms with E-state index in [2.05, 4.69) is 25.7 Å². The van der Waals surface area contributed by atoms with Crippen LogP contribution in [0.25, 0.3) is 0 Å². The molecule has 0 radical (unpaired) electrons. The Labute approximate surface area is 102 Å². The molecule has 0 saturated heterocycles. The van der Waals surface area contributed by atoms with Gasteiger partial charge in [-0.15, -0.1) is 0 Å². The second-order valence-corrected chi connectivity index (χ2v) is 5.53. The lowest BCUT2D eigenvalue weighted by molar-refractivity contribution is 0.0408. The predicted octanol–water partition coefficient (Wildman–Crippen LogP) is 3.16. The Kier molecular flexibility index (Phi) is 5.77. The van der Waals surface area contributed by atoms with Gasteiger partial charge in [-0.2, -0.15) is 0 Å². The molecule has 1 fully saturated rings. The summed E-state index contributed by atoms with van der Waals surface area (Å²) in [7, 11) is 0. The Bertz CT molecular complexity index is 187. The lowest BCUT2D eigenvalue weighted by Gasteiger charge is -2.46. The molecule has 2 heteroatoms. The van der Waals surface area contributed by atoms with Gasteiger partial charge in [0.15, 0.2) is 0 Å². The molecule has 96 valence electrons. The molecule has 1 aliphatic rings. The maximum Gasteiger partial charge on any atom is 0.0306 e. The Morgan fingerprint density at radius 3 is 2.25 bits per heavy atom. The summed E-state index contributed by atoms with van der Waals surface area (Å²) in [5.74, 6) is 0. The molecule has 1 atom stereocenters. The zero-order valence-electron chi connectivity index (χ0n) is 11.5. The van der Waals surface area contributed by atoms with Crippen molar-refractivity contribution in [1.29, 1.82) is 0 Å². The van der Waals surface area contributed by atoms with Crippen LogP contribution < -0.4 is 5.73 Å². The molecule has 1 saturated carbocycles. The first-order valence-corrected chi connectivity index (χ1v) is 7.14. The monoisotopic (exact) mass is 226 g/mol. The van der Waals surface area contributed by atoms with Crippen molar-refractivity contribution in [3.05, 3.63) is 0 Å². The molecule has 0 bridgehead atoms. The number of hydrogen-bond acceptors (Lipinski definition) is 2. The largest absolute Gasteiger partial charge is 0.329 e. The molecule has 0 amide bonds. The third kappa shape index (κ3) is 3.21. The fraction of sp³-hybridized carbons (Fsp3) is 1.00. The maximum atomic E-state index is 6.03. The van der Waals surface area contributed by atoms with Crippen molar-refractivity contribution < 1.29 is 0 Å². The molecule has 1 aliphatic carbocycles. The van der Waals surface area contributed by atoms with Gasteiger partial charge >= 0.3 is 0 Å². The van der Waals surface area contributed by atoms with Crippen molar-refractivity contribution in [1.82, 2.24) is 4.90 Å². The average Bonchev–Trinajstić information content (AvgIpc) is 2.31. The quantitative estimate of drug-likeness (QED) is 0.754. The topological polar surface area (TPSA) is 29.3 Å². The van der Waals surface area contributed by atoms with Crippen LogP contribution in [0.1, 0.15) is 65.7 Å².